The van der Waals surface area contributed by atoms with Crippen molar-refractivity contribution in [3.63, 3.8) is 0 Å². The highest BCUT2D eigenvalue weighted by molar-refractivity contribution is 6.30. The average molecular weight is 248 g/mol. The Bertz CT molecular complexity index is 530. The van der Waals surface area contributed by atoms with Crippen molar-refractivity contribution in [3.05, 3.63) is 40.5 Å². The summed E-state index contributed by atoms with van der Waals surface area (Å²) in [6, 6.07) is 8.03. The van der Waals surface area contributed by atoms with E-state index in [1.807, 2.05) is 24.3 Å². The second-order valence-corrected chi connectivity index (χ2v) is 4.98. The number of benzene rings is 1. The maximum absolute atomic E-state index is 6.02. The number of nitrogens with two attached hydrogens (primary N) is 1. The van der Waals surface area contributed by atoms with Crippen molar-refractivity contribution in [2.45, 2.75) is 25.3 Å². The van der Waals surface area contributed by atoms with Crippen LogP contribution in [0.1, 0.15) is 17.7 Å². The first kappa shape index (κ1) is 10.8. The number of aryl methyl sites for hydroxylation is 1. The highest BCUT2D eigenvalue weighted by Crippen LogP contribution is 2.29. The van der Waals surface area contributed by atoms with Crippen LogP contribution < -0.4 is 5.73 Å². The Morgan fingerprint density at radius 1 is 1.29 bits per heavy atom. The molecule has 0 amide bonds. The van der Waals surface area contributed by atoms with Gasteiger partial charge in [0, 0.05) is 27.9 Å². The Hall–Kier alpha value is -1.32. The molecule has 1 aromatic carbocycles. The standard InChI is InChI=1S/C13H14ClN3/c14-9-3-1-8(2-4-9)13-11-7-10(15)5-6-12(11)16-17-13/h1-4,10H,5-7,15H2,(H,16,17). The summed E-state index contributed by atoms with van der Waals surface area (Å²) in [5.41, 5.74) is 10.6. The molecule has 1 heterocycles. The molecule has 3 nitrogen and oxygen atoms in total. The predicted octanol–water partition coefficient (Wildman–Crippen LogP) is 2.55. The summed E-state index contributed by atoms with van der Waals surface area (Å²) >= 11 is 5.89. The van der Waals surface area contributed by atoms with Gasteiger partial charge in [0.05, 0.1) is 5.69 Å². The molecule has 0 fully saturated rings. The molecular formula is C13H14ClN3. The van der Waals surface area contributed by atoms with Crippen LogP contribution in [0.2, 0.25) is 5.02 Å². The topological polar surface area (TPSA) is 54.7 Å². The fourth-order valence-corrected chi connectivity index (χ4v) is 2.49. The number of nitrogens with zero attached hydrogens (tertiary/aromatic N) is 1. The van der Waals surface area contributed by atoms with E-state index < -0.39 is 0 Å². The Morgan fingerprint density at radius 2 is 2.06 bits per heavy atom. The van der Waals surface area contributed by atoms with Crippen molar-refractivity contribution in [1.29, 1.82) is 0 Å². The third kappa shape index (κ3) is 1.96. The molecule has 3 rings (SSSR count). The number of rotatable bonds is 1. The maximum Gasteiger partial charge on any atom is 0.0956 e. The van der Waals surface area contributed by atoms with Gasteiger partial charge in [-0.05, 0) is 31.4 Å². The van der Waals surface area contributed by atoms with E-state index in [-0.39, 0.29) is 6.04 Å². The maximum atomic E-state index is 6.02. The third-order valence-electron chi connectivity index (χ3n) is 3.30. The van der Waals surface area contributed by atoms with Crippen LogP contribution >= 0.6 is 11.6 Å². The van der Waals surface area contributed by atoms with Crippen LogP contribution in [0.3, 0.4) is 0 Å². The molecule has 3 N–H and O–H groups in total. The molecule has 0 spiro atoms. The molecule has 1 unspecified atom stereocenters. The van der Waals surface area contributed by atoms with Crippen molar-refractivity contribution in [3.8, 4) is 11.3 Å². The highest BCUT2D eigenvalue weighted by atomic mass is 35.5. The quantitative estimate of drug-likeness (QED) is 0.814. The fraction of sp³-hybridized carbons (Fsp3) is 0.308. The number of nitrogens with one attached hydrogen (secondary N) is 1. The van der Waals surface area contributed by atoms with E-state index in [0.717, 1.165) is 35.5 Å². The first-order valence-electron chi connectivity index (χ1n) is 5.81. The van der Waals surface area contributed by atoms with Crippen molar-refractivity contribution >= 4 is 11.6 Å². The lowest BCUT2D eigenvalue weighted by Gasteiger charge is -2.18. The molecule has 4 heteroatoms. The Kier molecular flexibility index (Phi) is 2.65. The van der Waals surface area contributed by atoms with E-state index >= 15 is 0 Å². The molecule has 88 valence electrons. The smallest absolute Gasteiger partial charge is 0.0956 e. The van der Waals surface area contributed by atoms with Gasteiger partial charge in [-0.2, -0.15) is 5.10 Å². The summed E-state index contributed by atoms with van der Waals surface area (Å²) in [5.74, 6) is 0. The average Bonchev–Trinajstić information content (AvgIpc) is 2.73. The summed E-state index contributed by atoms with van der Waals surface area (Å²) in [4.78, 5) is 0. The monoisotopic (exact) mass is 247 g/mol. The number of hydrogen-bond acceptors (Lipinski definition) is 2. The van der Waals surface area contributed by atoms with Crippen molar-refractivity contribution in [2.75, 3.05) is 0 Å². The largest absolute Gasteiger partial charge is 0.327 e. The summed E-state index contributed by atoms with van der Waals surface area (Å²) in [5, 5.41) is 8.28. The minimum atomic E-state index is 0.256. The lowest BCUT2D eigenvalue weighted by molar-refractivity contribution is 0.572. The molecule has 0 aliphatic heterocycles. The van der Waals surface area contributed by atoms with Gasteiger partial charge in [-0.3, -0.25) is 5.10 Å². The summed E-state index contributed by atoms with van der Waals surface area (Å²) in [6.07, 6.45) is 2.94. The van der Waals surface area contributed by atoms with Crippen LogP contribution in [0, 0.1) is 0 Å². The predicted molar refractivity (Wildman–Crippen MR) is 69.0 cm³/mol. The molecule has 1 aliphatic rings. The lowest BCUT2D eigenvalue weighted by Crippen LogP contribution is -2.27. The third-order valence-corrected chi connectivity index (χ3v) is 3.55. The van der Waals surface area contributed by atoms with Crippen molar-refractivity contribution in [1.82, 2.24) is 10.2 Å². The van der Waals surface area contributed by atoms with Crippen LogP contribution in [0.25, 0.3) is 11.3 Å². The summed E-state index contributed by atoms with van der Waals surface area (Å²) in [6.45, 7) is 0. The first-order valence-corrected chi connectivity index (χ1v) is 6.19. The SMILES string of the molecule is NC1CCc2[nH]nc(-c3ccc(Cl)cc3)c2C1. The van der Waals surface area contributed by atoms with Crippen LogP contribution in [0.4, 0.5) is 0 Å². The van der Waals surface area contributed by atoms with Crippen molar-refractivity contribution in [2.24, 2.45) is 5.73 Å². The zero-order chi connectivity index (χ0) is 11.8. The Morgan fingerprint density at radius 3 is 2.82 bits per heavy atom. The van der Waals surface area contributed by atoms with E-state index in [9.17, 15) is 0 Å². The fourth-order valence-electron chi connectivity index (χ4n) is 2.37. The van der Waals surface area contributed by atoms with Gasteiger partial charge < -0.3 is 5.73 Å². The zero-order valence-electron chi connectivity index (χ0n) is 9.41. The second-order valence-electron chi connectivity index (χ2n) is 4.54. The van der Waals surface area contributed by atoms with E-state index in [4.69, 9.17) is 17.3 Å². The molecule has 1 atom stereocenters. The van der Waals surface area contributed by atoms with Gasteiger partial charge in [-0.25, -0.2) is 0 Å². The molecular weight excluding hydrogens is 234 g/mol. The summed E-state index contributed by atoms with van der Waals surface area (Å²) in [7, 11) is 0. The minimum Gasteiger partial charge on any atom is -0.327 e. The van der Waals surface area contributed by atoms with Crippen LogP contribution in [-0.2, 0) is 12.8 Å². The number of H-pyrrole nitrogens is 1. The van der Waals surface area contributed by atoms with Gasteiger partial charge in [0.1, 0.15) is 0 Å². The van der Waals surface area contributed by atoms with Gasteiger partial charge >= 0.3 is 0 Å². The number of hydrogen-bond donors (Lipinski definition) is 2. The first-order chi connectivity index (χ1) is 8.24. The molecule has 0 saturated heterocycles. The minimum absolute atomic E-state index is 0.256. The number of aromatic amines is 1. The van der Waals surface area contributed by atoms with E-state index in [0.29, 0.717) is 0 Å². The van der Waals surface area contributed by atoms with Crippen molar-refractivity contribution < 1.29 is 0 Å². The molecule has 1 aliphatic carbocycles. The van der Waals surface area contributed by atoms with Gasteiger partial charge in [0.2, 0.25) is 0 Å². The molecule has 0 saturated carbocycles. The van der Waals surface area contributed by atoms with Crippen LogP contribution in [-0.4, -0.2) is 16.2 Å². The molecule has 1 aromatic heterocycles. The van der Waals surface area contributed by atoms with E-state index in [1.54, 1.807) is 0 Å². The van der Waals surface area contributed by atoms with E-state index in [1.165, 1.54) is 11.3 Å². The Labute approximate surface area is 105 Å². The molecule has 17 heavy (non-hydrogen) atoms. The molecule has 2 aromatic rings. The zero-order valence-corrected chi connectivity index (χ0v) is 10.2. The number of aromatic nitrogens is 2. The van der Waals surface area contributed by atoms with Gasteiger partial charge in [-0.15, -0.1) is 0 Å². The normalized spacial score (nSPS) is 19.1. The van der Waals surface area contributed by atoms with Gasteiger partial charge in [0.25, 0.3) is 0 Å². The number of fused-ring (bicyclic) bond motifs is 1. The van der Waals surface area contributed by atoms with E-state index in [2.05, 4.69) is 10.2 Å². The van der Waals surface area contributed by atoms with Gasteiger partial charge in [0.15, 0.2) is 0 Å². The number of halogens is 1. The Balaban J connectivity index is 2.04. The van der Waals surface area contributed by atoms with Crippen LogP contribution in [0.15, 0.2) is 24.3 Å². The lowest BCUT2D eigenvalue weighted by atomic mass is 9.90. The second kappa shape index (κ2) is 4.17. The molecule has 0 radical (unpaired) electrons. The highest BCUT2D eigenvalue weighted by Gasteiger charge is 2.21. The van der Waals surface area contributed by atoms with Gasteiger partial charge in [-0.1, -0.05) is 23.7 Å². The summed E-state index contributed by atoms with van der Waals surface area (Å²) < 4.78 is 0. The van der Waals surface area contributed by atoms with Crippen LogP contribution in [0.5, 0.6) is 0 Å². The molecule has 0 bridgehead atoms.